The third kappa shape index (κ3) is 5.25. The molecule has 0 aromatic heterocycles. The van der Waals surface area contributed by atoms with Crippen molar-refractivity contribution in [1.82, 2.24) is 10.4 Å². The topological polar surface area (TPSA) is 77.3 Å². The van der Waals surface area contributed by atoms with Crippen LogP contribution in [0, 0.1) is 0 Å². The molecule has 0 atom stereocenters. The second-order valence-electron chi connectivity index (χ2n) is 7.81. The van der Waals surface area contributed by atoms with Crippen molar-refractivity contribution in [3.63, 3.8) is 0 Å². The number of carbonyl (C=O) groups is 1. The predicted molar refractivity (Wildman–Crippen MR) is 119 cm³/mol. The van der Waals surface area contributed by atoms with Crippen LogP contribution in [0.3, 0.4) is 0 Å². The van der Waals surface area contributed by atoms with E-state index in [4.69, 9.17) is 0 Å². The van der Waals surface area contributed by atoms with Crippen LogP contribution in [0.25, 0.3) is 0 Å². The van der Waals surface area contributed by atoms with Gasteiger partial charge in [0.1, 0.15) is 0 Å². The average Bonchev–Trinajstić information content (AvgIpc) is 3.10. The Labute approximate surface area is 175 Å². The monoisotopic (exact) mass is 410 g/mol. The SMILES string of the molecule is CCCNC(=O)N=C1N=C(c2ccc(C(C)(C)C)cc2)C(=C2C=CN(O)C=C2)S1. The first-order valence-electron chi connectivity index (χ1n) is 9.60. The minimum Gasteiger partial charge on any atom is -0.336 e. The number of allylic oxidation sites excluding steroid dienone is 4. The average molecular weight is 411 g/mol. The van der Waals surface area contributed by atoms with E-state index in [1.54, 1.807) is 12.4 Å². The van der Waals surface area contributed by atoms with Crippen molar-refractivity contribution in [2.24, 2.45) is 9.98 Å². The molecular formula is C22H26N4O2S. The highest BCUT2D eigenvalue weighted by atomic mass is 32.2. The Morgan fingerprint density at radius 1 is 1.21 bits per heavy atom. The molecule has 3 rings (SSSR count). The van der Waals surface area contributed by atoms with Crippen molar-refractivity contribution in [2.45, 2.75) is 39.5 Å². The number of amides is 2. The van der Waals surface area contributed by atoms with Gasteiger partial charge in [0, 0.05) is 29.4 Å². The fourth-order valence-corrected chi connectivity index (χ4v) is 3.77. The van der Waals surface area contributed by atoms with Crippen molar-refractivity contribution in [3.8, 4) is 0 Å². The second kappa shape index (κ2) is 8.80. The van der Waals surface area contributed by atoms with E-state index in [1.165, 1.54) is 17.3 Å². The summed E-state index contributed by atoms with van der Waals surface area (Å²) in [5.74, 6) is 0. The second-order valence-corrected chi connectivity index (χ2v) is 8.79. The van der Waals surface area contributed by atoms with Crippen LogP contribution in [0.15, 0.2) is 69.3 Å². The van der Waals surface area contributed by atoms with Gasteiger partial charge in [0.2, 0.25) is 0 Å². The molecule has 1 aromatic carbocycles. The summed E-state index contributed by atoms with van der Waals surface area (Å²) >= 11 is 1.36. The van der Waals surface area contributed by atoms with Crippen LogP contribution in [0.2, 0.25) is 0 Å². The van der Waals surface area contributed by atoms with Gasteiger partial charge in [-0.1, -0.05) is 52.0 Å². The third-order valence-corrected chi connectivity index (χ3v) is 5.44. The van der Waals surface area contributed by atoms with Crippen LogP contribution in [-0.4, -0.2) is 33.7 Å². The summed E-state index contributed by atoms with van der Waals surface area (Å²) in [6, 6.07) is 7.93. The number of nitrogens with one attached hydrogen (secondary N) is 1. The molecule has 2 aliphatic heterocycles. The van der Waals surface area contributed by atoms with Gasteiger partial charge >= 0.3 is 6.03 Å². The maximum Gasteiger partial charge on any atom is 0.343 e. The van der Waals surface area contributed by atoms with Gasteiger partial charge in [0.25, 0.3) is 0 Å². The van der Waals surface area contributed by atoms with Gasteiger partial charge in [-0.2, -0.15) is 4.99 Å². The molecule has 0 bridgehead atoms. The Balaban J connectivity index is 1.99. The molecule has 2 N–H and O–H groups in total. The molecule has 7 heteroatoms. The number of carbonyl (C=O) groups excluding carboxylic acids is 1. The number of thioether (sulfide) groups is 1. The lowest BCUT2D eigenvalue weighted by Crippen LogP contribution is -2.20. The van der Waals surface area contributed by atoms with E-state index in [0.717, 1.165) is 33.2 Å². The Hall–Kier alpha value is -2.64. The number of aliphatic imine (C=N–C) groups is 2. The molecule has 6 nitrogen and oxygen atoms in total. The highest BCUT2D eigenvalue weighted by Crippen LogP contribution is 2.35. The first-order chi connectivity index (χ1) is 13.8. The molecule has 29 heavy (non-hydrogen) atoms. The molecule has 0 unspecified atom stereocenters. The zero-order valence-corrected chi connectivity index (χ0v) is 18.0. The molecule has 152 valence electrons. The number of urea groups is 1. The number of amidine groups is 1. The Bertz CT molecular complexity index is 919. The summed E-state index contributed by atoms with van der Waals surface area (Å²) in [5, 5.41) is 13.7. The highest BCUT2D eigenvalue weighted by molar-refractivity contribution is 8.18. The summed E-state index contributed by atoms with van der Waals surface area (Å²) in [5.41, 5.74) is 3.93. The Morgan fingerprint density at radius 3 is 2.45 bits per heavy atom. The number of hydrogen-bond donors (Lipinski definition) is 2. The van der Waals surface area contributed by atoms with E-state index in [-0.39, 0.29) is 11.4 Å². The van der Waals surface area contributed by atoms with Gasteiger partial charge in [0.15, 0.2) is 5.17 Å². The van der Waals surface area contributed by atoms with Crippen LogP contribution in [-0.2, 0) is 5.41 Å². The molecule has 2 heterocycles. The predicted octanol–water partition coefficient (Wildman–Crippen LogP) is 4.98. The van der Waals surface area contributed by atoms with E-state index in [2.05, 4.69) is 60.3 Å². The van der Waals surface area contributed by atoms with Crippen molar-refractivity contribution >= 4 is 28.7 Å². The standard InChI is InChI=1S/C22H26N4O2S/c1-5-12-23-20(27)25-21-24-18(15-6-8-17(9-7-15)22(2,3)4)19(29-21)16-10-13-26(28)14-11-16/h6-11,13-14,28H,5,12H2,1-4H3,(H,23,27). The molecule has 0 fully saturated rings. The maximum absolute atomic E-state index is 12.0. The van der Waals surface area contributed by atoms with Gasteiger partial charge < -0.3 is 5.32 Å². The summed E-state index contributed by atoms with van der Waals surface area (Å²) in [4.78, 5) is 21.7. The van der Waals surface area contributed by atoms with Gasteiger partial charge in [-0.05, 0) is 46.9 Å². The molecule has 0 radical (unpaired) electrons. The molecule has 2 aliphatic rings. The van der Waals surface area contributed by atoms with Crippen LogP contribution >= 0.6 is 11.8 Å². The largest absolute Gasteiger partial charge is 0.343 e. The van der Waals surface area contributed by atoms with E-state index in [9.17, 15) is 10.0 Å². The third-order valence-electron chi connectivity index (χ3n) is 4.44. The first-order valence-corrected chi connectivity index (χ1v) is 10.4. The maximum atomic E-state index is 12.0. The normalized spacial score (nSPS) is 17.9. The number of nitrogens with zero attached hydrogens (tertiary/aromatic N) is 3. The first kappa shape index (κ1) is 21.1. The summed E-state index contributed by atoms with van der Waals surface area (Å²) in [6.07, 6.45) is 7.59. The number of rotatable bonds is 3. The highest BCUT2D eigenvalue weighted by Gasteiger charge is 2.25. The Kier molecular flexibility index (Phi) is 6.39. The van der Waals surface area contributed by atoms with Crippen molar-refractivity contribution in [1.29, 1.82) is 0 Å². The van der Waals surface area contributed by atoms with Crippen LogP contribution in [0.4, 0.5) is 4.79 Å². The van der Waals surface area contributed by atoms with Gasteiger partial charge in [-0.15, -0.1) is 0 Å². The molecule has 2 amide bonds. The van der Waals surface area contributed by atoms with E-state index in [0.29, 0.717) is 11.7 Å². The summed E-state index contributed by atoms with van der Waals surface area (Å²) in [7, 11) is 0. The van der Waals surface area contributed by atoms with E-state index >= 15 is 0 Å². The van der Waals surface area contributed by atoms with E-state index < -0.39 is 0 Å². The molecule has 0 saturated carbocycles. The van der Waals surface area contributed by atoms with Crippen LogP contribution in [0.1, 0.15) is 45.2 Å². The van der Waals surface area contributed by atoms with Gasteiger partial charge in [0.05, 0.1) is 5.71 Å². The lowest BCUT2D eigenvalue weighted by Gasteiger charge is -2.19. The zero-order chi connectivity index (χ0) is 21.0. The molecular weight excluding hydrogens is 384 g/mol. The van der Waals surface area contributed by atoms with Crippen LogP contribution < -0.4 is 5.32 Å². The van der Waals surface area contributed by atoms with Gasteiger partial charge in [-0.25, -0.2) is 14.9 Å². The molecule has 0 aliphatic carbocycles. The zero-order valence-electron chi connectivity index (χ0n) is 17.1. The number of hydroxylamine groups is 2. The van der Waals surface area contributed by atoms with Gasteiger partial charge in [-0.3, -0.25) is 5.21 Å². The quantitative estimate of drug-likeness (QED) is 0.737. The lowest BCUT2D eigenvalue weighted by molar-refractivity contribution is 0.0105. The fourth-order valence-electron chi connectivity index (χ4n) is 2.80. The molecule has 1 aromatic rings. The number of hydrogen-bond acceptors (Lipinski definition) is 4. The van der Waals surface area contributed by atoms with Crippen molar-refractivity contribution in [3.05, 3.63) is 70.4 Å². The smallest absolute Gasteiger partial charge is 0.336 e. The number of benzene rings is 1. The molecule has 0 spiro atoms. The van der Waals surface area contributed by atoms with Crippen molar-refractivity contribution in [2.75, 3.05) is 6.54 Å². The minimum absolute atomic E-state index is 0.0650. The lowest BCUT2D eigenvalue weighted by atomic mass is 9.86. The van der Waals surface area contributed by atoms with Crippen molar-refractivity contribution < 1.29 is 10.0 Å². The molecule has 0 saturated heterocycles. The summed E-state index contributed by atoms with van der Waals surface area (Å²) < 4.78 is 0. The summed E-state index contributed by atoms with van der Waals surface area (Å²) in [6.45, 7) is 9.10. The van der Waals surface area contributed by atoms with E-state index in [1.807, 2.05) is 19.1 Å². The van der Waals surface area contributed by atoms with Crippen LogP contribution in [0.5, 0.6) is 0 Å². The fraction of sp³-hybridized carbons (Fsp3) is 0.318. The minimum atomic E-state index is -0.386. The Morgan fingerprint density at radius 2 is 1.86 bits per heavy atom.